The van der Waals surface area contributed by atoms with Gasteiger partial charge in [0.2, 0.25) is 0 Å². The predicted octanol–water partition coefficient (Wildman–Crippen LogP) is 5.28. The normalized spacial score (nSPS) is 13.2. The van der Waals surface area contributed by atoms with Crippen LogP contribution < -0.4 is 4.74 Å². The summed E-state index contributed by atoms with van der Waals surface area (Å²) in [5.41, 5.74) is 0.758. The molecule has 0 bridgehead atoms. The van der Waals surface area contributed by atoms with Crippen LogP contribution in [0.25, 0.3) is 0 Å². The van der Waals surface area contributed by atoms with Gasteiger partial charge in [-0.25, -0.2) is 8.42 Å². The number of hydrogen-bond acceptors (Lipinski definition) is 3. The van der Waals surface area contributed by atoms with E-state index in [0.717, 1.165) is 31.2 Å². The van der Waals surface area contributed by atoms with E-state index in [4.69, 9.17) is 15.4 Å². The van der Waals surface area contributed by atoms with Crippen molar-refractivity contribution >= 4 is 35.7 Å². The summed E-state index contributed by atoms with van der Waals surface area (Å²) >= 11 is 3.29. The molecule has 0 aliphatic rings. The lowest BCUT2D eigenvalue weighted by molar-refractivity contribution is 0.227. The third kappa shape index (κ3) is 5.80. The Balaban J connectivity index is 2.97. The maximum atomic E-state index is 11.7. The standard InChI is InChI=1S/C15H22BrClO3S/c1-4-6-7-12(5-2)10-20-15-11(3)8-13(16)9-14(15)21(17,18)19/h8-9,12H,4-7,10H2,1-3H3. The largest absolute Gasteiger partial charge is 0.492 e. The summed E-state index contributed by atoms with van der Waals surface area (Å²) in [7, 11) is 1.68. The van der Waals surface area contributed by atoms with Crippen LogP contribution in [0.15, 0.2) is 21.5 Å². The van der Waals surface area contributed by atoms with Gasteiger partial charge in [-0.05, 0) is 37.0 Å². The lowest BCUT2D eigenvalue weighted by Gasteiger charge is -2.18. The smallest absolute Gasteiger partial charge is 0.265 e. The van der Waals surface area contributed by atoms with Crippen molar-refractivity contribution < 1.29 is 13.2 Å². The van der Waals surface area contributed by atoms with Crippen LogP contribution in [0.5, 0.6) is 5.75 Å². The maximum absolute atomic E-state index is 11.7. The molecule has 1 aromatic carbocycles. The highest BCUT2D eigenvalue weighted by Crippen LogP contribution is 2.34. The molecule has 1 aromatic rings. The molecular formula is C15H22BrClO3S. The van der Waals surface area contributed by atoms with Crippen LogP contribution in [0.3, 0.4) is 0 Å². The molecule has 0 aliphatic carbocycles. The van der Waals surface area contributed by atoms with Crippen LogP contribution in [0.1, 0.15) is 45.1 Å². The number of benzene rings is 1. The number of unbranched alkanes of at least 4 members (excludes halogenated alkanes) is 1. The van der Waals surface area contributed by atoms with Crippen LogP contribution in [0, 0.1) is 12.8 Å². The van der Waals surface area contributed by atoms with Crippen LogP contribution in [-0.2, 0) is 9.05 Å². The van der Waals surface area contributed by atoms with Gasteiger partial charge in [0.25, 0.3) is 9.05 Å². The molecule has 0 saturated carbocycles. The molecular weight excluding hydrogens is 376 g/mol. The fourth-order valence-electron chi connectivity index (χ4n) is 2.16. The lowest BCUT2D eigenvalue weighted by atomic mass is 10.0. The first-order valence-electron chi connectivity index (χ1n) is 7.17. The molecule has 0 radical (unpaired) electrons. The Morgan fingerprint density at radius 2 is 2.00 bits per heavy atom. The van der Waals surface area contributed by atoms with Gasteiger partial charge >= 0.3 is 0 Å². The first kappa shape index (κ1) is 18.8. The topological polar surface area (TPSA) is 43.4 Å². The Morgan fingerprint density at radius 3 is 2.52 bits per heavy atom. The second-order valence-corrected chi connectivity index (χ2v) is 8.67. The minimum Gasteiger partial charge on any atom is -0.492 e. The Hall–Kier alpha value is -0.260. The number of aryl methyl sites for hydroxylation is 1. The van der Waals surface area contributed by atoms with E-state index >= 15 is 0 Å². The number of halogens is 2. The SMILES string of the molecule is CCCCC(CC)COc1c(C)cc(Br)cc1S(=O)(=O)Cl. The molecule has 21 heavy (non-hydrogen) atoms. The lowest BCUT2D eigenvalue weighted by Crippen LogP contribution is -2.13. The molecule has 3 nitrogen and oxygen atoms in total. The highest BCUT2D eigenvalue weighted by molar-refractivity contribution is 9.10. The number of rotatable bonds is 8. The van der Waals surface area contributed by atoms with Crippen molar-refractivity contribution in [3.8, 4) is 5.75 Å². The van der Waals surface area contributed by atoms with Crippen molar-refractivity contribution in [1.82, 2.24) is 0 Å². The van der Waals surface area contributed by atoms with E-state index in [0.29, 0.717) is 22.7 Å². The molecule has 6 heteroatoms. The Kier molecular flexibility index (Phi) is 7.51. The van der Waals surface area contributed by atoms with E-state index in [2.05, 4.69) is 29.8 Å². The van der Waals surface area contributed by atoms with Gasteiger partial charge in [0.1, 0.15) is 10.6 Å². The zero-order valence-electron chi connectivity index (χ0n) is 12.7. The van der Waals surface area contributed by atoms with Gasteiger partial charge in [-0.3, -0.25) is 0 Å². The summed E-state index contributed by atoms with van der Waals surface area (Å²) < 4.78 is 29.9. The summed E-state index contributed by atoms with van der Waals surface area (Å²) in [6.45, 7) is 6.61. The molecule has 0 N–H and O–H groups in total. The van der Waals surface area contributed by atoms with Crippen molar-refractivity contribution in [1.29, 1.82) is 0 Å². The van der Waals surface area contributed by atoms with Gasteiger partial charge in [-0.1, -0.05) is 49.0 Å². The van der Waals surface area contributed by atoms with Gasteiger partial charge in [0, 0.05) is 15.2 Å². The monoisotopic (exact) mass is 396 g/mol. The van der Waals surface area contributed by atoms with Crippen LogP contribution >= 0.6 is 26.6 Å². The fourth-order valence-corrected chi connectivity index (χ4v) is 3.94. The molecule has 0 aromatic heterocycles. The highest BCUT2D eigenvalue weighted by atomic mass is 79.9. The minimum absolute atomic E-state index is 0.0291. The van der Waals surface area contributed by atoms with Gasteiger partial charge in [-0.15, -0.1) is 0 Å². The van der Waals surface area contributed by atoms with Crippen LogP contribution in [-0.4, -0.2) is 15.0 Å². The van der Waals surface area contributed by atoms with E-state index in [1.165, 1.54) is 6.07 Å². The van der Waals surface area contributed by atoms with E-state index in [1.54, 1.807) is 0 Å². The third-order valence-electron chi connectivity index (χ3n) is 3.47. The summed E-state index contributed by atoms with van der Waals surface area (Å²) in [6.07, 6.45) is 4.40. The third-order valence-corrected chi connectivity index (χ3v) is 5.26. The summed E-state index contributed by atoms with van der Waals surface area (Å²) in [5, 5.41) is 0. The maximum Gasteiger partial charge on any atom is 0.265 e. The molecule has 1 atom stereocenters. The predicted molar refractivity (Wildman–Crippen MR) is 90.7 cm³/mol. The Morgan fingerprint density at radius 1 is 1.33 bits per heavy atom. The minimum atomic E-state index is -3.83. The van der Waals surface area contributed by atoms with Gasteiger partial charge in [0.05, 0.1) is 6.61 Å². The van der Waals surface area contributed by atoms with Crippen molar-refractivity contribution in [2.24, 2.45) is 5.92 Å². The molecule has 0 saturated heterocycles. The van der Waals surface area contributed by atoms with E-state index in [-0.39, 0.29) is 4.90 Å². The molecule has 1 unspecified atom stereocenters. The fraction of sp³-hybridized carbons (Fsp3) is 0.600. The zero-order chi connectivity index (χ0) is 16.0. The molecule has 0 spiro atoms. The van der Waals surface area contributed by atoms with Crippen LogP contribution in [0.2, 0.25) is 0 Å². The molecule has 120 valence electrons. The van der Waals surface area contributed by atoms with Gasteiger partial charge in [-0.2, -0.15) is 0 Å². The second-order valence-electron chi connectivity index (χ2n) is 5.22. The van der Waals surface area contributed by atoms with Gasteiger partial charge in [0.15, 0.2) is 0 Å². The average molecular weight is 398 g/mol. The van der Waals surface area contributed by atoms with E-state index in [9.17, 15) is 8.42 Å². The summed E-state index contributed by atoms with van der Waals surface area (Å²) in [5.74, 6) is 0.794. The van der Waals surface area contributed by atoms with Crippen molar-refractivity contribution in [3.05, 3.63) is 22.2 Å². The van der Waals surface area contributed by atoms with Crippen molar-refractivity contribution in [3.63, 3.8) is 0 Å². The van der Waals surface area contributed by atoms with Crippen LogP contribution in [0.4, 0.5) is 0 Å². The Bertz CT molecular complexity index is 573. The average Bonchev–Trinajstić information content (AvgIpc) is 2.39. The molecule has 1 rings (SSSR count). The highest BCUT2D eigenvalue weighted by Gasteiger charge is 2.21. The van der Waals surface area contributed by atoms with Crippen molar-refractivity contribution in [2.75, 3.05) is 6.61 Å². The van der Waals surface area contributed by atoms with E-state index < -0.39 is 9.05 Å². The molecule has 0 heterocycles. The molecule has 0 amide bonds. The first-order chi connectivity index (χ1) is 9.79. The zero-order valence-corrected chi connectivity index (χ0v) is 15.8. The van der Waals surface area contributed by atoms with E-state index in [1.807, 2.05) is 13.0 Å². The van der Waals surface area contributed by atoms with Crippen molar-refractivity contribution in [2.45, 2.75) is 51.3 Å². The molecule has 0 fully saturated rings. The molecule has 0 aliphatic heterocycles. The first-order valence-corrected chi connectivity index (χ1v) is 10.3. The summed E-state index contributed by atoms with van der Waals surface area (Å²) in [6, 6.07) is 3.31. The quantitative estimate of drug-likeness (QED) is 0.560. The number of ether oxygens (including phenoxy) is 1. The van der Waals surface area contributed by atoms with Gasteiger partial charge < -0.3 is 4.74 Å². The Labute approximate surface area is 140 Å². The number of hydrogen-bond donors (Lipinski definition) is 0. The second kappa shape index (κ2) is 8.39. The summed E-state index contributed by atoms with van der Waals surface area (Å²) in [4.78, 5) is 0.0291.